The van der Waals surface area contributed by atoms with Crippen LogP contribution in [0.1, 0.15) is 15.9 Å². The van der Waals surface area contributed by atoms with E-state index < -0.39 is 50.2 Å². The van der Waals surface area contributed by atoms with Gasteiger partial charge in [0.2, 0.25) is 0 Å². The Bertz CT molecular complexity index is 845. The predicted molar refractivity (Wildman–Crippen MR) is 78.3 cm³/mol. The number of nitrogens with one attached hydrogen (secondary N) is 1. The number of alkyl halides is 6. The van der Waals surface area contributed by atoms with Crippen molar-refractivity contribution in [2.75, 3.05) is 5.32 Å². The topological polar surface area (TPSA) is 46.2 Å². The highest BCUT2D eigenvalue weighted by Gasteiger charge is 2.38. The van der Waals surface area contributed by atoms with Crippen molar-refractivity contribution >= 4 is 22.4 Å². The second-order valence-corrected chi connectivity index (χ2v) is 6.33. The van der Waals surface area contributed by atoms with Crippen LogP contribution in [0.3, 0.4) is 0 Å². The fourth-order valence-electron chi connectivity index (χ4n) is 1.92. The van der Waals surface area contributed by atoms with Crippen molar-refractivity contribution < 1.29 is 39.7 Å². The van der Waals surface area contributed by atoms with Crippen molar-refractivity contribution in [2.45, 2.75) is 16.6 Å². The summed E-state index contributed by atoms with van der Waals surface area (Å²) in [4.78, 5) is 11.4. The largest absolute Gasteiger partial charge is 0.475 e. The lowest BCUT2D eigenvalue weighted by molar-refractivity contribution is -0.140. The molecule has 140 valence electrons. The molecule has 0 saturated heterocycles. The van der Waals surface area contributed by atoms with Gasteiger partial charge in [0.1, 0.15) is 5.82 Å². The SMILES string of the molecule is O=C(Nc1ccc(S(=O)C(F)(F)F)cc1)c1cccc(C(F)(F)F)c1F. The monoisotopic (exact) mass is 399 g/mol. The summed E-state index contributed by atoms with van der Waals surface area (Å²) in [6.07, 6.45) is -5.00. The Morgan fingerprint density at radius 1 is 0.923 bits per heavy atom. The van der Waals surface area contributed by atoms with E-state index in [4.69, 9.17) is 0 Å². The number of amides is 1. The van der Waals surface area contributed by atoms with Crippen molar-refractivity contribution in [3.8, 4) is 0 Å². The van der Waals surface area contributed by atoms with E-state index in [0.717, 1.165) is 36.4 Å². The van der Waals surface area contributed by atoms with Gasteiger partial charge in [0.25, 0.3) is 5.91 Å². The molecule has 2 aromatic rings. The molecule has 0 aromatic heterocycles. The number of hydrogen-bond donors (Lipinski definition) is 1. The van der Waals surface area contributed by atoms with E-state index in [1.807, 2.05) is 0 Å². The molecule has 1 amide bonds. The summed E-state index contributed by atoms with van der Waals surface area (Å²) < 4.78 is 100.0. The van der Waals surface area contributed by atoms with E-state index in [2.05, 4.69) is 5.32 Å². The Morgan fingerprint density at radius 2 is 1.50 bits per heavy atom. The van der Waals surface area contributed by atoms with Gasteiger partial charge < -0.3 is 5.32 Å². The van der Waals surface area contributed by atoms with E-state index in [1.54, 1.807) is 0 Å². The summed E-state index contributed by atoms with van der Waals surface area (Å²) in [5.41, 5.74) is -7.59. The molecular weight excluding hydrogens is 391 g/mol. The van der Waals surface area contributed by atoms with Gasteiger partial charge in [0.05, 0.1) is 11.1 Å². The van der Waals surface area contributed by atoms with Crippen LogP contribution in [-0.4, -0.2) is 15.6 Å². The molecule has 26 heavy (non-hydrogen) atoms. The summed E-state index contributed by atoms with van der Waals surface area (Å²) in [5.74, 6) is -2.99. The molecule has 0 saturated carbocycles. The first-order valence-electron chi connectivity index (χ1n) is 6.67. The number of hydrogen-bond acceptors (Lipinski definition) is 2. The fraction of sp³-hybridized carbons (Fsp3) is 0.133. The molecule has 3 nitrogen and oxygen atoms in total. The Hall–Kier alpha value is -2.43. The van der Waals surface area contributed by atoms with Crippen LogP contribution in [0.2, 0.25) is 0 Å². The minimum absolute atomic E-state index is 0.116. The van der Waals surface area contributed by atoms with Crippen LogP contribution in [0, 0.1) is 5.82 Å². The van der Waals surface area contributed by atoms with Gasteiger partial charge in [0, 0.05) is 10.6 Å². The van der Waals surface area contributed by atoms with Crippen LogP contribution < -0.4 is 5.32 Å². The highest BCUT2D eigenvalue weighted by molar-refractivity contribution is 7.86. The minimum atomic E-state index is -5.00. The Labute approximate surface area is 144 Å². The summed E-state index contributed by atoms with van der Waals surface area (Å²) in [5, 5.41) is 2.06. The Balaban J connectivity index is 2.22. The van der Waals surface area contributed by atoms with Gasteiger partial charge in [-0.1, -0.05) is 6.07 Å². The van der Waals surface area contributed by atoms with E-state index in [1.165, 1.54) is 0 Å². The first-order valence-corrected chi connectivity index (χ1v) is 7.82. The molecule has 1 N–H and O–H groups in total. The van der Waals surface area contributed by atoms with Crippen LogP contribution in [0.25, 0.3) is 0 Å². The molecule has 11 heteroatoms. The van der Waals surface area contributed by atoms with Gasteiger partial charge in [-0.05, 0) is 36.4 Å². The van der Waals surface area contributed by atoms with E-state index in [9.17, 15) is 39.7 Å². The molecular formula is C15H8F7NO2S. The average molecular weight is 399 g/mol. The zero-order valence-corrected chi connectivity index (χ0v) is 13.2. The van der Waals surface area contributed by atoms with Gasteiger partial charge in [-0.3, -0.25) is 4.79 Å². The standard InChI is InChI=1S/C15H8F7NO2S/c16-12-10(2-1-3-11(12)14(17,18)19)13(24)23-8-4-6-9(7-5-8)26(25)15(20,21)22/h1-7H,(H,23,24). The summed E-state index contributed by atoms with van der Waals surface area (Å²) in [6.45, 7) is 0. The molecule has 2 aromatic carbocycles. The zero-order valence-electron chi connectivity index (χ0n) is 12.4. The second-order valence-electron chi connectivity index (χ2n) is 4.86. The van der Waals surface area contributed by atoms with Gasteiger partial charge in [0.15, 0.2) is 10.8 Å². The number of anilines is 1. The molecule has 0 aliphatic carbocycles. The number of carbonyl (C=O) groups excluding carboxylic acids is 1. The van der Waals surface area contributed by atoms with Crippen LogP contribution in [0.15, 0.2) is 47.4 Å². The van der Waals surface area contributed by atoms with Crippen molar-refractivity contribution in [3.05, 3.63) is 59.4 Å². The lowest BCUT2D eigenvalue weighted by Crippen LogP contribution is -2.18. The van der Waals surface area contributed by atoms with Crippen molar-refractivity contribution in [1.29, 1.82) is 0 Å². The Kier molecular flexibility index (Phi) is 5.40. The van der Waals surface area contributed by atoms with Gasteiger partial charge in [-0.25, -0.2) is 8.60 Å². The summed E-state index contributed by atoms with van der Waals surface area (Å²) in [7, 11) is -3.27. The molecule has 0 fully saturated rings. The molecule has 1 unspecified atom stereocenters. The van der Waals surface area contributed by atoms with E-state index in [-0.39, 0.29) is 5.69 Å². The molecule has 0 bridgehead atoms. The van der Waals surface area contributed by atoms with Crippen molar-refractivity contribution in [3.63, 3.8) is 0 Å². The molecule has 0 aliphatic heterocycles. The fourth-order valence-corrected chi connectivity index (χ4v) is 2.57. The second kappa shape index (κ2) is 7.06. The molecule has 1 atom stereocenters. The van der Waals surface area contributed by atoms with Crippen molar-refractivity contribution in [2.24, 2.45) is 0 Å². The van der Waals surface area contributed by atoms with Gasteiger partial charge in [-0.2, -0.15) is 26.3 Å². The quantitative estimate of drug-likeness (QED) is 0.759. The lowest BCUT2D eigenvalue weighted by atomic mass is 10.1. The zero-order chi connectivity index (χ0) is 19.7. The minimum Gasteiger partial charge on any atom is -0.322 e. The summed E-state index contributed by atoms with van der Waals surface area (Å²) >= 11 is 0. The smallest absolute Gasteiger partial charge is 0.322 e. The number of rotatable bonds is 3. The predicted octanol–water partition coefficient (Wildman–Crippen LogP) is 4.72. The third-order valence-corrected chi connectivity index (χ3v) is 4.21. The van der Waals surface area contributed by atoms with Crippen LogP contribution in [0.5, 0.6) is 0 Å². The van der Waals surface area contributed by atoms with Gasteiger partial charge in [-0.15, -0.1) is 0 Å². The number of carbonyl (C=O) groups is 1. The normalized spacial score (nSPS) is 13.3. The van der Waals surface area contributed by atoms with Crippen LogP contribution in [-0.2, 0) is 17.0 Å². The maximum Gasteiger partial charge on any atom is 0.475 e. The maximum atomic E-state index is 13.9. The molecule has 0 aliphatic rings. The third-order valence-electron chi connectivity index (χ3n) is 3.09. The van der Waals surface area contributed by atoms with Gasteiger partial charge >= 0.3 is 11.7 Å². The third kappa shape index (κ3) is 4.40. The maximum absolute atomic E-state index is 13.9. The summed E-state index contributed by atoms with van der Waals surface area (Å²) in [6, 6.07) is 5.70. The Morgan fingerprint density at radius 3 is 2.00 bits per heavy atom. The first kappa shape index (κ1) is 19.9. The molecule has 0 spiro atoms. The van der Waals surface area contributed by atoms with Crippen LogP contribution >= 0.6 is 0 Å². The first-order chi connectivity index (χ1) is 11.9. The van der Waals surface area contributed by atoms with Crippen molar-refractivity contribution in [1.82, 2.24) is 0 Å². The number of halogens is 7. The van der Waals surface area contributed by atoms with Crippen LogP contribution in [0.4, 0.5) is 36.4 Å². The average Bonchev–Trinajstić information content (AvgIpc) is 2.53. The molecule has 0 radical (unpaired) electrons. The number of benzene rings is 2. The highest BCUT2D eigenvalue weighted by atomic mass is 32.2. The molecule has 2 rings (SSSR count). The highest BCUT2D eigenvalue weighted by Crippen LogP contribution is 2.32. The van der Waals surface area contributed by atoms with E-state index in [0.29, 0.717) is 6.07 Å². The lowest BCUT2D eigenvalue weighted by Gasteiger charge is -2.12. The molecule has 0 heterocycles. The van der Waals surface area contributed by atoms with E-state index >= 15 is 0 Å².